The lowest BCUT2D eigenvalue weighted by Crippen LogP contribution is -1.97. The third-order valence-corrected chi connectivity index (χ3v) is 1.74. The predicted molar refractivity (Wildman–Crippen MR) is 47.3 cm³/mol. The van der Waals surface area contributed by atoms with E-state index in [-0.39, 0.29) is 0 Å². The second-order valence-electron chi connectivity index (χ2n) is 2.63. The van der Waals surface area contributed by atoms with Crippen LogP contribution in [0.15, 0.2) is 36.6 Å². The van der Waals surface area contributed by atoms with Crippen LogP contribution in [0.3, 0.4) is 0 Å². The fourth-order valence-corrected chi connectivity index (χ4v) is 1.02. The average molecular weight is 164 g/mol. The lowest BCUT2D eigenvalue weighted by molar-refractivity contribution is -0.133. The van der Waals surface area contributed by atoms with Crippen molar-refractivity contribution in [3.8, 4) is 0 Å². The number of carbonyl (C=O) groups is 1. The van der Waals surface area contributed by atoms with Crippen LogP contribution in [0.2, 0.25) is 0 Å². The van der Waals surface area contributed by atoms with Crippen LogP contribution in [0, 0.1) is 5.92 Å². The maximum Gasteiger partial charge on any atom is 0.335 e. The maximum atomic E-state index is 10.7. The highest BCUT2D eigenvalue weighted by atomic mass is 16.5. The van der Waals surface area contributed by atoms with Gasteiger partial charge < -0.3 is 4.74 Å². The number of allylic oxidation sites excluding steroid dienone is 3. The van der Waals surface area contributed by atoms with Crippen molar-refractivity contribution in [2.24, 2.45) is 5.92 Å². The Kier molecular flexibility index (Phi) is 2.86. The average Bonchev–Trinajstić information content (AvgIpc) is 2.52. The molecule has 0 bridgehead atoms. The van der Waals surface area contributed by atoms with Gasteiger partial charge in [-0.25, -0.2) is 4.79 Å². The molecule has 1 aliphatic carbocycles. The highest BCUT2D eigenvalue weighted by Crippen LogP contribution is 2.19. The highest BCUT2D eigenvalue weighted by molar-refractivity contribution is 5.82. The molecule has 64 valence electrons. The quantitative estimate of drug-likeness (QED) is 0.472. The smallest absolute Gasteiger partial charge is 0.335 e. The summed E-state index contributed by atoms with van der Waals surface area (Å²) in [6.07, 6.45) is 7.96. The second-order valence-corrected chi connectivity index (χ2v) is 2.63. The fraction of sp³-hybridized carbons (Fsp3) is 0.300. The Hall–Kier alpha value is -1.31. The van der Waals surface area contributed by atoms with Gasteiger partial charge in [0, 0.05) is 6.08 Å². The van der Waals surface area contributed by atoms with Crippen molar-refractivity contribution < 1.29 is 9.53 Å². The minimum atomic E-state index is -0.400. The van der Waals surface area contributed by atoms with Gasteiger partial charge in [0.1, 0.15) is 5.76 Å². The Labute approximate surface area is 72.2 Å². The normalized spacial score (nSPS) is 20.4. The molecular formula is C10H12O2. The highest BCUT2D eigenvalue weighted by Gasteiger charge is 2.09. The maximum absolute atomic E-state index is 10.7. The van der Waals surface area contributed by atoms with Crippen LogP contribution in [0.1, 0.15) is 13.3 Å². The van der Waals surface area contributed by atoms with Gasteiger partial charge in [0.05, 0.1) is 0 Å². The number of rotatable bonds is 3. The summed E-state index contributed by atoms with van der Waals surface area (Å²) in [6, 6.07) is 0. The number of carbonyl (C=O) groups excluding carboxylic acids is 1. The Bertz CT molecular complexity index is 249. The lowest BCUT2D eigenvalue weighted by Gasteiger charge is -1.98. The zero-order valence-electron chi connectivity index (χ0n) is 7.12. The molecule has 1 atom stereocenters. The van der Waals surface area contributed by atoms with Crippen molar-refractivity contribution in [1.82, 2.24) is 0 Å². The fourth-order valence-electron chi connectivity index (χ4n) is 1.02. The number of hydrogen-bond acceptors (Lipinski definition) is 2. The summed E-state index contributed by atoms with van der Waals surface area (Å²) in [4.78, 5) is 10.7. The molecule has 1 rings (SSSR count). The second kappa shape index (κ2) is 3.90. The summed E-state index contributed by atoms with van der Waals surface area (Å²) >= 11 is 0. The van der Waals surface area contributed by atoms with Crippen LogP contribution >= 0.6 is 0 Å². The molecule has 0 aromatic heterocycles. The molecule has 0 saturated heterocycles. The Morgan fingerprint density at radius 3 is 3.08 bits per heavy atom. The minimum absolute atomic E-state index is 0.400. The number of esters is 1. The number of ether oxygens (including phenoxy) is 1. The number of hydrogen-bond donors (Lipinski definition) is 0. The molecule has 0 saturated carbocycles. The van der Waals surface area contributed by atoms with Crippen LogP contribution in [-0.2, 0) is 9.53 Å². The molecule has 0 radical (unpaired) electrons. The molecule has 0 aromatic rings. The van der Waals surface area contributed by atoms with Gasteiger partial charge in [-0.15, -0.1) is 0 Å². The van der Waals surface area contributed by atoms with Gasteiger partial charge in [-0.05, 0) is 24.5 Å². The van der Waals surface area contributed by atoms with E-state index in [1.54, 1.807) is 0 Å². The van der Waals surface area contributed by atoms with Crippen LogP contribution in [0.25, 0.3) is 0 Å². The minimum Gasteiger partial charge on any atom is -0.424 e. The van der Waals surface area contributed by atoms with Crippen molar-refractivity contribution in [3.05, 3.63) is 36.6 Å². The molecule has 1 aliphatic rings. The van der Waals surface area contributed by atoms with E-state index < -0.39 is 5.97 Å². The van der Waals surface area contributed by atoms with Crippen molar-refractivity contribution in [2.45, 2.75) is 13.3 Å². The summed E-state index contributed by atoms with van der Waals surface area (Å²) in [5.74, 6) is 0.645. The van der Waals surface area contributed by atoms with E-state index in [2.05, 4.69) is 13.5 Å². The Balaban J connectivity index is 2.51. The predicted octanol–water partition coefficient (Wildman–Crippen LogP) is 2.20. The van der Waals surface area contributed by atoms with Gasteiger partial charge in [-0.2, -0.15) is 0 Å². The largest absolute Gasteiger partial charge is 0.424 e. The van der Waals surface area contributed by atoms with Gasteiger partial charge in [0.15, 0.2) is 0 Å². The first kappa shape index (κ1) is 8.78. The molecule has 1 unspecified atom stereocenters. The van der Waals surface area contributed by atoms with Crippen LogP contribution in [0.4, 0.5) is 0 Å². The topological polar surface area (TPSA) is 26.3 Å². The van der Waals surface area contributed by atoms with E-state index >= 15 is 0 Å². The van der Waals surface area contributed by atoms with Crippen molar-refractivity contribution in [2.75, 3.05) is 0 Å². The lowest BCUT2D eigenvalue weighted by atomic mass is 10.1. The van der Waals surface area contributed by atoms with Gasteiger partial charge in [-0.1, -0.05) is 19.6 Å². The molecular weight excluding hydrogens is 152 g/mol. The molecule has 2 heteroatoms. The van der Waals surface area contributed by atoms with E-state index in [0.717, 1.165) is 12.5 Å². The summed E-state index contributed by atoms with van der Waals surface area (Å²) < 4.78 is 4.91. The third kappa shape index (κ3) is 2.09. The van der Waals surface area contributed by atoms with Gasteiger partial charge in [-0.3, -0.25) is 0 Å². The first-order valence-corrected chi connectivity index (χ1v) is 4.00. The SMILES string of the molecule is C=CC(=O)OC1=CC(CC)C=C1. The van der Waals surface area contributed by atoms with E-state index in [1.165, 1.54) is 0 Å². The third-order valence-electron chi connectivity index (χ3n) is 1.74. The van der Waals surface area contributed by atoms with E-state index in [4.69, 9.17) is 4.74 Å². The van der Waals surface area contributed by atoms with Crippen molar-refractivity contribution in [1.29, 1.82) is 0 Å². The van der Waals surface area contributed by atoms with E-state index in [1.807, 2.05) is 18.2 Å². The van der Waals surface area contributed by atoms with Gasteiger partial charge >= 0.3 is 5.97 Å². The summed E-state index contributed by atoms with van der Waals surface area (Å²) in [6.45, 7) is 5.40. The first-order chi connectivity index (χ1) is 5.76. The standard InChI is InChI=1S/C10H12O2/c1-3-8-5-6-9(7-8)12-10(11)4-2/h4-8H,2-3H2,1H3. The molecule has 0 spiro atoms. The zero-order chi connectivity index (χ0) is 8.97. The van der Waals surface area contributed by atoms with Gasteiger partial charge in [0.25, 0.3) is 0 Å². The van der Waals surface area contributed by atoms with E-state index in [0.29, 0.717) is 11.7 Å². The molecule has 0 N–H and O–H groups in total. The molecule has 0 aliphatic heterocycles. The van der Waals surface area contributed by atoms with Crippen molar-refractivity contribution in [3.63, 3.8) is 0 Å². The molecule has 0 fully saturated rings. The Morgan fingerprint density at radius 1 is 1.83 bits per heavy atom. The van der Waals surface area contributed by atoms with Crippen LogP contribution < -0.4 is 0 Å². The molecule has 0 aromatic carbocycles. The summed E-state index contributed by atoms with van der Waals surface area (Å²) in [5, 5.41) is 0. The van der Waals surface area contributed by atoms with Gasteiger partial charge in [0.2, 0.25) is 0 Å². The summed E-state index contributed by atoms with van der Waals surface area (Å²) in [7, 11) is 0. The zero-order valence-corrected chi connectivity index (χ0v) is 7.12. The molecule has 2 nitrogen and oxygen atoms in total. The van der Waals surface area contributed by atoms with E-state index in [9.17, 15) is 4.79 Å². The molecule has 0 amide bonds. The molecule has 0 heterocycles. The first-order valence-electron chi connectivity index (χ1n) is 4.00. The van der Waals surface area contributed by atoms with Crippen molar-refractivity contribution >= 4 is 5.97 Å². The Morgan fingerprint density at radius 2 is 2.58 bits per heavy atom. The van der Waals surface area contributed by atoms with Crippen LogP contribution in [-0.4, -0.2) is 5.97 Å². The summed E-state index contributed by atoms with van der Waals surface area (Å²) in [5.41, 5.74) is 0. The van der Waals surface area contributed by atoms with Crippen LogP contribution in [0.5, 0.6) is 0 Å². The monoisotopic (exact) mass is 164 g/mol. The molecule has 12 heavy (non-hydrogen) atoms.